The van der Waals surface area contributed by atoms with Gasteiger partial charge in [-0.05, 0) is 19.8 Å². The molecule has 0 aromatic heterocycles. The number of hydrogen-bond acceptors (Lipinski definition) is 4. The molecule has 0 radical (unpaired) electrons. The van der Waals surface area contributed by atoms with E-state index in [1.165, 1.54) is 4.31 Å². The second-order valence-corrected chi connectivity index (χ2v) is 6.82. The van der Waals surface area contributed by atoms with Crippen molar-refractivity contribution in [3.63, 3.8) is 0 Å². The molecule has 2 rings (SSSR count). The molecule has 0 spiro atoms. The fraction of sp³-hybridized carbons (Fsp3) is 0.909. The van der Waals surface area contributed by atoms with Crippen LogP contribution in [0.1, 0.15) is 26.2 Å². The summed E-state index contributed by atoms with van der Waals surface area (Å²) in [4.78, 5) is 11.0. The highest BCUT2D eigenvalue weighted by molar-refractivity contribution is 7.87. The zero-order valence-corrected chi connectivity index (χ0v) is 11.7. The van der Waals surface area contributed by atoms with Crippen molar-refractivity contribution in [1.82, 2.24) is 9.03 Å². The highest BCUT2D eigenvalue weighted by Gasteiger charge is 2.39. The predicted molar refractivity (Wildman–Crippen MR) is 67.8 cm³/mol. The first kappa shape index (κ1) is 14.7. The Hall–Kier alpha value is -0.700. The van der Waals surface area contributed by atoms with E-state index in [0.717, 1.165) is 19.3 Å². The van der Waals surface area contributed by atoms with E-state index < -0.39 is 28.1 Å². The van der Waals surface area contributed by atoms with E-state index in [2.05, 4.69) is 4.72 Å². The van der Waals surface area contributed by atoms with Crippen molar-refractivity contribution in [2.24, 2.45) is 5.92 Å². The van der Waals surface area contributed by atoms with Crippen molar-refractivity contribution in [2.45, 2.75) is 38.3 Å². The maximum absolute atomic E-state index is 12.3. The van der Waals surface area contributed by atoms with E-state index in [-0.39, 0.29) is 19.3 Å². The Bertz CT molecular complexity index is 438. The number of hydrogen-bond donors (Lipinski definition) is 2. The van der Waals surface area contributed by atoms with Gasteiger partial charge in [-0.25, -0.2) is 0 Å². The molecule has 2 aliphatic heterocycles. The quantitative estimate of drug-likeness (QED) is 0.748. The molecule has 3 atom stereocenters. The van der Waals surface area contributed by atoms with Gasteiger partial charge in [0.15, 0.2) is 0 Å². The van der Waals surface area contributed by atoms with Crippen LogP contribution in [0.15, 0.2) is 0 Å². The van der Waals surface area contributed by atoms with Gasteiger partial charge in [-0.2, -0.15) is 17.4 Å². The van der Waals surface area contributed by atoms with E-state index in [0.29, 0.717) is 6.54 Å². The number of nitrogens with zero attached hydrogens (tertiary/aromatic N) is 1. The third-order valence-corrected chi connectivity index (χ3v) is 5.51. The summed E-state index contributed by atoms with van der Waals surface area (Å²) in [7, 11) is -3.64. The van der Waals surface area contributed by atoms with Crippen molar-refractivity contribution >= 4 is 16.2 Å². The van der Waals surface area contributed by atoms with E-state index in [1.807, 2.05) is 6.92 Å². The molecule has 2 N–H and O–H groups in total. The van der Waals surface area contributed by atoms with Gasteiger partial charge >= 0.3 is 5.97 Å². The van der Waals surface area contributed by atoms with Crippen molar-refractivity contribution < 1.29 is 23.1 Å². The fourth-order valence-electron chi connectivity index (χ4n) is 2.60. The molecule has 0 aromatic rings. The number of ether oxygens (including phenoxy) is 1. The highest BCUT2D eigenvalue weighted by atomic mass is 32.2. The molecule has 0 amide bonds. The van der Waals surface area contributed by atoms with Crippen LogP contribution >= 0.6 is 0 Å². The van der Waals surface area contributed by atoms with Crippen LogP contribution in [-0.4, -0.2) is 55.6 Å². The third-order valence-electron chi connectivity index (χ3n) is 3.75. The Kier molecular flexibility index (Phi) is 4.44. The lowest BCUT2D eigenvalue weighted by Crippen LogP contribution is -2.53. The minimum Gasteiger partial charge on any atom is -0.481 e. The summed E-state index contributed by atoms with van der Waals surface area (Å²) >= 11 is 0. The smallest absolute Gasteiger partial charge is 0.310 e. The molecule has 3 unspecified atom stereocenters. The molecule has 7 nitrogen and oxygen atoms in total. The molecule has 2 fully saturated rings. The molecule has 0 aromatic carbocycles. The lowest BCUT2D eigenvalue weighted by Gasteiger charge is -2.33. The summed E-state index contributed by atoms with van der Waals surface area (Å²) in [6.45, 7) is 2.52. The number of carboxylic acid groups (broad SMARTS) is 1. The second kappa shape index (κ2) is 5.74. The minimum absolute atomic E-state index is 0.0446. The molecule has 2 aliphatic rings. The van der Waals surface area contributed by atoms with Crippen LogP contribution in [0, 0.1) is 5.92 Å². The van der Waals surface area contributed by atoms with Gasteiger partial charge in [0.2, 0.25) is 0 Å². The van der Waals surface area contributed by atoms with Gasteiger partial charge in [0.05, 0.1) is 25.2 Å². The molecule has 0 aliphatic carbocycles. The van der Waals surface area contributed by atoms with E-state index in [4.69, 9.17) is 9.84 Å². The van der Waals surface area contributed by atoms with Crippen molar-refractivity contribution in [3.8, 4) is 0 Å². The largest absolute Gasteiger partial charge is 0.481 e. The van der Waals surface area contributed by atoms with Gasteiger partial charge < -0.3 is 9.84 Å². The Morgan fingerprint density at radius 1 is 1.37 bits per heavy atom. The summed E-state index contributed by atoms with van der Waals surface area (Å²) in [6, 6.07) is -0.728. The molecule has 2 heterocycles. The van der Waals surface area contributed by atoms with Crippen LogP contribution in [0.5, 0.6) is 0 Å². The van der Waals surface area contributed by atoms with Crippen molar-refractivity contribution in [3.05, 3.63) is 0 Å². The summed E-state index contributed by atoms with van der Waals surface area (Å²) in [5, 5.41) is 9.01. The van der Waals surface area contributed by atoms with Crippen LogP contribution in [0.4, 0.5) is 0 Å². The Balaban J connectivity index is 2.06. The van der Waals surface area contributed by atoms with Crippen LogP contribution < -0.4 is 4.72 Å². The maximum atomic E-state index is 12.3. The van der Waals surface area contributed by atoms with Crippen LogP contribution in [-0.2, 0) is 19.7 Å². The molecule has 0 bridgehead atoms. The first-order chi connectivity index (χ1) is 8.92. The molecule has 2 saturated heterocycles. The average molecular weight is 292 g/mol. The third kappa shape index (κ3) is 3.25. The second-order valence-electron chi connectivity index (χ2n) is 5.17. The zero-order chi connectivity index (χ0) is 14.0. The Morgan fingerprint density at radius 2 is 2.11 bits per heavy atom. The molecule has 8 heteroatoms. The van der Waals surface area contributed by atoms with Gasteiger partial charge in [0.25, 0.3) is 10.2 Å². The van der Waals surface area contributed by atoms with Crippen LogP contribution in [0.2, 0.25) is 0 Å². The first-order valence-electron chi connectivity index (χ1n) is 6.51. The topological polar surface area (TPSA) is 95.9 Å². The standard InChI is InChI=1S/C11H20N2O5S/c1-8-4-2-3-5-13(8)19(16,17)12-10-7-18-6-9(10)11(14)15/h8-10,12H,2-7H2,1H3,(H,14,15). The number of carboxylic acids is 1. The summed E-state index contributed by atoms with van der Waals surface area (Å²) in [5.74, 6) is -1.84. The summed E-state index contributed by atoms with van der Waals surface area (Å²) in [5.41, 5.74) is 0. The fourth-order valence-corrected chi connectivity index (χ4v) is 4.30. The number of rotatable bonds is 4. The number of aliphatic carboxylic acids is 1. The maximum Gasteiger partial charge on any atom is 0.310 e. The monoisotopic (exact) mass is 292 g/mol. The predicted octanol–water partition coefficient (Wildman–Crippen LogP) is -0.205. The van der Waals surface area contributed by atoms with E-state index in [9.17, 15) is 13.2 Å². The normalized spacial score (nSPS) is 33.4. The van der Waals surface area contributed by atoms with Gasteiger partial charge in [-0.3, -0.25) is 4.79 Å². The van der Waals surface area contributed by atoms with Crippen molar-refractivity contribution in [1.29, 1.82) is 0 Å². The summed E-state index contributed by atoms with van der Waals surface area (Å²) < 4.78 is 33.5. The lowest BCUT2D eigenvalue weighted by molar-refractivity contribution is -0.142. The molecular formula is C11H20N2O5S. The van der Waals surface area contributed by atoms with Gasteiger partial charge in [-0.1, -0.05) is 6.42 Å². The van der Waals surface area contributed by atoms with E-state index >= 15 is 0 Å². The zero-order valence-electron chi connectivity index (χ0n) is 10.9. The number of piperidine rings is 1. The van der Waals surface area contributed by atoms with Crippen LogP contribution in [0.3, 0.4) is 0 Å². The molecule has 19 heavy (non-hydrogen) atoms. The SMILES string of the molecule is CC1CCCCN1S(=O)(=O)NC1COCC1C(=O)O. The molecule has 0 saturated carbocycles. The molecule has 110 valence electrons. The van der Waals surface area contributed by atoms with Crippen molar-refractivity contribution in [2.75, 3.05) is 19.8 Å². The van der Waals surface area contributed by atoms with E-state index in [1.54, 1.807) is 0 Å². The molecular weight excluding hydrogens is 272 g/mol. The number of carbonyl (C=O) groups is 1. The first-order valence-corrected chi connectivity index (χ1v) is 7.95. The highest BCUT2D eigenvalue weighted by Crippen LogP contribution is 2.21. The van der Waals surface area contributed by atoms with Gasteiger partial charge in [0.1, 0.15) is 0 Å². The number of nitrogens with one attached hydrogen (secondary N) is 1. The van der Waals surface area contributed by atoms with Gasteiger partial charge in [0, 0.05) is 12.6 Å². The summed E-state index contributed by atoms with van der Waals surface area (Å²) in [6.07, 6.45) is 2.71. The van der Waals surface area contributed by atoms with Gasteiger partial charge in [-0.15, -0.1) is 0 Å². The Labute approximate surface area is 113 Å². The Morgan fingerprint density at radius 3 is 2.74 bits per heavy atom. The minimum atomic E-state index is -3.64. The lowest BCUT2D eigenvalue weighted by atomic mass is 10.1. The average Bonchev–Trinajstić information content (AvgIpc) is 2.76. The van der Waals surface area contributed by atoms with Crippen LogP contribution in [0.25, 0.3) is 0 Å².